The van der Waals surface area contributed by atoms with E-state index < -0.39 is 0 Å². The zero-order valence-electron chi connectivity index (χ0n) is 46.1. The Morgan fingerprint density at radius 3 is 1.26 bits per heavy atom. The third kappa shape index (κ3) is 6.42. The highest BCUT2D eigenvalue weighted by atomic mass is 16.3. The van der Waals surface area contributed by atoms with E-state index in [0.717, 1.165) is 106 Å². The van der Waals surface area contributed by atoms with Gasteiger partial charge in [0.2, 0.25) is 0 Å². The molecule has 0 aliphatic heterocycles. The van der Waals surface area contributed by atoms with Gasteiger partial charge >= 0.3 is 0 Å². The van der Waals surface area contributed by atoms with E-state index in [0.29, 0.717) is 0 Å². The van der Waals surface area contributed by atoms with Gasteiger partial charge in [-0.05, 0) is 102 Å². The molecule has 0 spiro atoms. The average molecular weight is 1090 g/mol. The van der Waals surface area contributed by atoms with E-state index in [1.54, 1.807) is 0 Å². The Kier molecular flexibility index (Phi) is 9.45. The minimum absolute atomic E-state index is 0.854. The fourth-order valence-corrected chi connectivity index (χ4v) is 14.6. The molecule has 6 aromatic heterocycles. The van der Waals surface area contributed by atoms with E-state index >= 15 is 0 Å². The zero-order valence-corrected chi connectivity index (χ0v) is 46.1. The molecule has 0 bridgehead atoms. The van der Waals surface area contributed by atoms with Crippen LogP contribution in [0.4, 0.5) is 34.1 Å². The van der Waals surface area contributed by atoms with E-state index in [1.807, 2.05) is 6.07 Å². The summed E-state index contributed by atoms with van der Waals surface area (Å²) >= 11 is 0. The lowest BCUT2D eigenvalue weighted by Crippen LogP contribution is -2.13. The van der Waals surface area contributed by atoms with Crippen LogP contribution in [-0.4, -0.2) is 8.80 Å². The quantitative estimate of drug-likeness (QED) is 0.152. The van der Waals surface area contributed by atoms with Crippen molar-refractivity contribution in [3.05, 3.63) is 279 Å². The Morgan fingerprint density at radius 1 is 0.282 bits per heavy atom. The Bertz CT molecular complexity index is 5950. The van der Waals surface area contributed by atoms with E-state index in [-0.39, 0.29) is 0 Å². The zero-order chi connectivity index (χ0) is 55.6. The third-order valence-electron chi connectivity index (χ3n) is 18.3. The van der Waals surface area contributed by atoms with Crippen molar-refractivity contribution in [2.75, 3.05) is 9.80 Å². The van der Waals surface area contributed by atoms with Crippen molar-refractivity contribution < 1.29 is 8.83 Å². The number of hydrogen-bond donors (Lipinski definition) is 0. The fraction of sp³-hybridized carbons (Fsp3) is 0.0127. The van der Waals surface area contributed by atoms with Gasteiger partial charge in [0.15, 0.2) is 11.2 Å². The Morgan fingerprint density at radius 2 is 0.694 bits per heavy atom. The summed E-state index contributed by atoms with van der Waals surface area (Å²) < 4.78 is 18.8. The van der Waals surface area contributed by atoms with Crippen LogP contribution in [0.15, 0.2) is 282 Å². The van der Waals surface area contributed by atoms with Crippen LogP contribution in [0, 0.1) is 6.92 Å². The van der Waals surface area contributed by atoms with Gasteiger partial charge in [0.1, 0.15) is 11.2 Å². The molecule has 0 N–H and O–H groups in total. The summed E-state index contributed by atoms with van der Waals surface area (Å²) in [6.45, 7) is 2.20. The fourth-order valence-electron chi connectivity index (χ4n) is 14.6. The predicted molar refractivity (Wildman–Crippen MR) is 355 cm³/mol. The average Bonchev–Trinajstić information content (AvgIpc) is 1.58. The number of fused-ring (bicyclic) bond motifs is 18. The van der Waals surface area contributed by atoms with Gasteiger partial charge in [0, 0.05) is 87.1 Å². The van der Waals surface area contributed by atoms with Crippen molar-refractivity contribution in [2.45, 2.75) is 6.92 Å². The number of rotatable bonds is 8. The Hall–Kier alpha value is -11.3. The Balaban J connectivity index is 0.814. The number of para-hydroxylation sites is 7. The van der Waals surface area contributed by atoms with E-state index in [4.69, 9.17) is 8.83 Å². The number of aryl methyl sites for hydroxylation is 1. The van der Waals surface area contributed by atoms with Crippen molar-refractivity contribution >= 4 is 154 Å². The van der Waals surface area contributed by atoms with Crippen molar-refractivity contribution in [1.82, 2.24) is 8.80 Å². The summed E-state index contributed by atoms with van der Waals surface area (Å²) in [6, 6.07) is 99.4. The van der Waals surface area contributed by atoms with Crippen LogP contribution in [0.5, 0.6) is 0 Å². The number of aromatic nitrogens is 2. The summed E-state index contributed by atoms with van der Waals surface area (Å²) in [5.41, 5.74) is 22.6. The highest BCUT2D eigenvalue weighted by Crippen LogP contribution is 2.52. The molecule has 13 aromatic carbocycles. The molecule has 0 amide bonds. The molecule has 0 unspecified atom stereocenters. The second-order valence-corrected chi connectivity index (χ2v) is 22.8. The first-order chi connectivity index (χ1) is 42.1. The summed E-state index contributed by atoms with van der Waals surface area (Å²) in [6.07, 6.45) is 0. The van der Waals surface area contributed by atoms with Crippen LogP contribution < -0.4 is 9.80 Å². The lowest BCUT2D eigenvalue weighted by atomic mass is 10.00. The first-order valence-electron chi connectivity index (χ1n) is 29.2. The van der Waals surface area contributed by atoms with Crippen molar-refractivity contribution in [1.29, 1.82) is 0 Å². The molecule has 396 valence electrons. The van der Waals surface area contributed by atoms with Crippen LogP contribution in [-0.2, 0) is 0 Å². The van der Waals surface area contributed by atoms with Gasteiger partial charge in [-0.3, -0.25) is 0 Å². The molecule has 19 rings (SSSR count). The van der Waals surface area contributed by atoms with Gasteiger partial charge in [0.05, 0.1) is 55.8 Å². The van der Waals surface area contributed by atoms with Gasteiger partial charge in [-0.15, -0.1) is 0 Å². The second kappa shape index (κ2) is 17.3. The predicted octanol–water partition coefficient (Wildman–Crippen LogP) is 22.4. The van der Waals surface area contributed by atoms with Gasteiger partial charge in [-0.1, -0.05) is 194 Å². The largest absolute Gasteiger partial charge is 0.454 e. The van der Waals surface area contributed by atoms with E-state index in [2.05, 4.69) is 292 Å². The van der Waals surface area contributed by atoms with Crippen LogP contribution in [0.2, 0.25) is 0 Å². The molecule has 6 nitrogen and oxygen atoms in total. The topological polar surface area (TPSA) is 41.6 Å². The molecule has 0 atom stereocenters. The van der Waals surface area contributed by atoms with Crippen LogP contribution in [0.3, 0.4) is 0 Å². The molecular formula is C79H48N4O2. The van der Waals surface area contributed by atoms with Crippen LogP contribution >= 0.6 is 0 Å². The maximum atomic E-state index is 6.89. The molecule has 0 aliphatic carbocycles. The molecular weight excluding hydrogens is 1040 g/mol. The molecule has 0 radical (unpaired) electrons. The maximum Gasteiger partial charge on any atom is 0.159 e. The third-order valence-corrected chi connectivity index (χ3v) is 18.3. The molecule has 0 fully saturated rings. The van der Waals surface area contributed by atoms with Gasteiger partial charge in [-0.2, -0.15) is 0 Å². The molecule has 0 saturated heterocycles. The summed E-state index contributed by atoms with van der Waals surface area (Å²) in [7, 11) is 0. The summed E-state index contributed by atoms with van der Waals surface area (Å²) in [5, 5.41) is 14.2. The van der Waals surface area contributed by atoms with E-state index in [1.165, 1.54) is 76.2 Å². The maximum absolute atomic E-state index is 6.89. The van der Waals surface area contributed by atoms with Crippen LogP contribution in [0.25, 0.3) is 142 Å². The number of benzene rings is 13. The minimum Gasteiger partial charge on any atom is -0.454 e. The lowest BCUT2D eigenvalue weighted by molar-refractivity contribution is 0.668. The molecule has 0 aliphatic rings. The standard InChI is InChI=1S/C79H48N4O2/c1-47-37-40-61-55-26-11-15-36-74(55)85-79(61)75(47)81(67-33-13-9-24-53(67)49-21-6-3-7-22-49)51-39-42-69-63(44-51)57-28-17-30-59-65-45-71-64(46-72(65)83(69)77(57)59)58-29-16-27-56-62-43-50(38-41-68(62)82(71)76(56)58)80(66-32-12-8-23-52(66)48-19-4-2-5-20-48)70-34-18-31-60-54-25-10-14-35-73(54)84-78(60)70/h2-46H,1H3. The first-order valence-corrected chi connectivity index (χ1v) is 29.2. The smallest absolute Gasteiger partial charge is 0.159 e. The summed E-state index contributed by atoms with van der Waals surface area (Å²) in [5.74, 6) is 0. The Labute approximate surface area is 486 Å². The van der Waals surface area contributed by atoms with Crippen LogP contribution in [0.1, 0.15) is 5.56 Å². The van der Waals surface area contributed by atoms with E-state index in [9.17, 15) is 0 Å². The first kappa shape index (κ1) is 46.3. The number of anilines is 6. The second-order valence-electron chi connectivity index (χ2n) is 22.8. The number of furan rings is 2. The molecule has 19 aromatic rings. The number of nitrogens with zero attached hydrogens (tertiary/aromatic N) is 4. The monoisotopic (exact) mass is 1080 g/mol. The highest BCUT2D eigenvalue weighted by Gasteiger charge is 2.29. The summed E-state index contributed by atoms with van der Waals surface area (Å²) in [4.78, 5) is 4.84. The molecule has 6 heteroatoms. The van der Waals surface area contributed by atoms with Gasteiger partial charge < -0.3 is 27.4 Å². The molecule has 0 saturated carbocycles. The highest BCUT2D eigenvalue weighted by molar-refractivity contribution is 6.29. The number of hydrogen-bond acceptors (Lipinski definition) is 4. The minimum atomic E-state index is 0.854. The molecule has 85 heavy (non-hydrogen) atoms. The normalized spacial score (nSPS) is 12.3. The van der Waals surface area contributed by atoms with Crippen molar-refractivity contribution in [3.8, 4) is 22.3 Å². The van der Waals surface area contributed by atoms with Crippen molar-refractivity contribution in [3.63, 3.8) is 0 Å². The SMILES string of the molecule is Cc1ccc2c(oc3ccccc32)c1N(c1ccc2c(c1)c1cccc3c4cc5c(cc4n2c13)c1cccc2c3cc(N(c4ccccc4-c4ccccc4)c4cccc6c4oc4ccccc46)ccc3n5c21)c1ccccc1-c1ccccc1. The van der Waals surface area contributed by atoms with Gasteiger partial charge in [0.25, 0.3) is 0 Å². The molecule has 6 heterocycles. The van der Waals surface area contributed by atoms with Gasteiger partial charge in [-0.25, -0.2) is 0 Å². The lowest BCUT2D eigenvalue weighted by Gasteiger charge is -2.29. The van der Waals surface area contributed by atoms with Crippen molar-refractivity contribution in [2.24, 2.45) is 0 Å².